The van der Waals surface area contributed by atoms with Crippen molar-refractivity contribution in [3.63, 3.8) is 0 Å². The highest BCUT2D eigenvalue weighted by Gasteiger charge is 2.35. The van der Waals surface area contributed by atoms with Gasteiger partial charge in [-0.1, -0.05) is 54.9 Å². The fraction of sp³-hybridized carbons (Fsp3) is 0.286. The number of benzene rings is 2. The van der Waals surface area contributed by atoms with Crippen molar-refractivity contribution >= 4 is 23.2 Å². The molecule has 6 heteroatoms. The minimum Gasteiger partial charge on any atom is -0.339 e. The maximum absolute atomic E-state index is 12.6. The summed E-state index contributed by atoms with van der Waals surface area (Å²) >= 11 is 6.03. The number of carbonyl (C=O) groups excluding carboxylic acids is 1. The lowest BCUT2D eigenvalue weighted by molar-refractivity contribution is -0.117. The molecule has 2 aromatic carbocycles. The number of aromatic nitrogens is 2. The highest BCUT2D eigenvalue weighted by molar-refractivity contribution is 6.30. The van der Waals surface area contributed by atoms with E-state index in [2.05, 4.69) is 36.1 Å². The summed E-state index contributed by atoms with van der Waals surface area (Å²) in [4.78, 5) is 18.9. The molecule has 1 aliphatic heterocycles. The number of hydrogen-bond acceptors (Lipinski definition) is 4. The summed E-state index contributed by atoms with van der Waals surface area (Å²) in [6, 6.07) is 15.4. The second-order valence-corrected chi connectivity index (χ2v) is 7.56. The molecule has 1 aromatic heterocycles. The molecule has 0 bridgehead atoms. The molecular weight excluding hydrogens is 362 g/mol. The van der Waals surface area contributed by atoms with Crippen LogP contribution in [-0.2, 0) is 4.79 Å². The zero-order chi connectivity index (χ0) is 19.0. The number of halogens is 1. The zero-order valence-electron chi connectivity index (χ0n) is 15.2. The van der Waals surface area contributed by atoms with Gasteiger partial charge in [0.1, 0.15) is 0 Å². The van der Waals surface area contributed by atoms with E-state index in [1.54, 1.807) is 17.0 Å². The Balaban J connectivity index is 1.55. The van der Waals surface area contributed by atoms with Crippen molar-refractivity contribution in [3.05, 3.63) is 65.0 Å². The molecule has 0 radical (unpaired) electrons. The normalized spacial score (nSPS) is 17.1. The minimum absolute atomic E-state index is 0.0726. The van der Waals surface area contributed by atoms with Crippen LogP contribution in [0.5, 0.6) is 0 Å². The minimum atomic E-state index is -0.111. The molecule has 1 fully saturated rings. The average Bonchev–Trinajstić information content (AvgIpc) is 3.28. The summed E-state index contributed by atoms with van der Waals surface area (Å²) in [7, 11) is 0. The molecule has 1 atom stereocenters. The molecule has 27 heavy (non-hydrogen) atoms. The van der Waals surface area contributed by atoms with E-state index in [-0.39, 0.29) is 11.8 Å². The van der Waals surface area contributed by atoms with Gasteiger partial charge in [-0.05, 0) is 35.7 Å². The van der Waals surface area contributed by atoms with E-state index >= 15 is 0 Å². The van der Waals surface area contributed by atoms with Crippen LogP contribution in [0, 0.1) is 0 Å². The Hall–Kier alpha value is -2.66. The van der Waals surface area contributed by atoms with Crippen LogP contribution in [0.1, 0.15) is 43.6 Å². The third kappa shape index (κ3) is 3.60. The topological polar surface area (TPSA) is 59.2 Å². The van der Waals surface area contributed by atoms with Gasteiger partial charge in [0.25, 0.3) is 0 Å². The Morgan fingerprint density at radius 2 is 2.00 bits per heavy atom. The summed E-state index contributed by atoms with van der Waals surface area (Å²) in [6.45, 7) is 4.82. The monoisotopic (exact) mass is 381 g/mol. The fourth-order valence-corrected chi connectivity index (χ4v) is 3.51. The van der Waals surface area contributed by atoms with E-state index in [0.29, 0.717) is 35.6 Å². The molecule has 1 aliphatic rings. The Labute approximate surface area is 163 Å². The summed E-state index contributed by atoms with van der Waals surface area (Å²) in [5.74, 6) is 1.35. The van der Waals surface area contributed by atoms with Crippen LogP contribution in [0.25, 0.3) is 11.4 Å². The van der Waals surface area contributed by atoms with Crippen molar-refractivity contribution in [3.8, 4) is 11.4 Å². The van der Waals surface area contributed by atoms with Gasteiger partial charge < -0.3 is 9.42 Å². The molecule has 0 aliphatic carbocycles. The zero-order valence-corrected chi connectivity index (χ0v) is 16.0. The summed E-state index contributed by atoms with van der Waals surface area (Å²) in [6.07, 6.45) is 0.364. The standard InChI is InChI=1S/C21H20ClN3O2/c1-13(2)14-5-4-8-18(10-14)25-12-16(11-19(25)26)21-23-20(24-27-21)15-6-3-7-17(22)9-15/h3-10,13,16H,11-12H2,1-2H3. The molecule has 1 saturated heterocycles. The van der Waals surface area contributed by atoms with Gasteiger partial charge >= 0.3 is 0 Å². The molecule has 5 nitrogen and oxygen atoms in total. The van der Waals surface area contributed by atoms with Crippen LogP contribution in [0.3, 0.4) is 0 Å². The van der Waals surface area contributed by atoms with Gasteiger partial charge in [-0.25, -0.2) is 0 Å². The number of amides is 1. The van der Waals surface area contributed by atoms with Crippen LogP contribution in [0.15, 0.2) is 53.1 Å². The van der Waals surface area contributed by atoms with Crippen molar-refractivity contribution in [2.75, 3.05) is 11.4 Å². The van der Waals surface area contributed by atoms with Gasteiger partial charge in [0.2, 0.25) is 17.6 Å². The molecule has 138 valence electrons. The molecule has 0 N–H and O–H groups in total. The molecule has 1 unspecified atom stereocenters. The van der Waals surface area contributed by atoms with Crippen LogP contribution in [-0.4, -0.2) is 22.6 Å². The first-order valence-corrected chi connectivity index (χ1v) is 9.39. The SMILES string of the molecule is CC(C)c1cccc(N2CC(c3nc(-c4cccc(Cl)c4)no3)CC2=O)c1. The average molecular weight is 382 g/mol. The first kappa shape index (κ1) is 17.7. The summed E-state index contributed by atoms with van der Waals surface area (Å²) in [5.41, 5.74) is 2.93. The molecule has 1 amide bonds. The fourth-order valence-electron chi connectivity index (χ4n) is 3.32. The molecule has 0 saturated carbocycles. The van der Waals surface area contributed by atoms with Gasteiger partial charge in [0, 0.05) is 29.2 Å². The quantitative estimate of drug-likeness (QED) is 0.635. The van der Waals surface area contributed by atoms with Gasteiger partial charge in [-0.3, -0.25) is 4.79 Å². The van der Waals surface area contributed by atoms with Gasteiger partial charge in [0.15, 0.2) is 0 Å². The largest absolute Gasteiger partial charge is 0.339 e. The Morgan fingerprint density at radius 1 is 1.19 bits per heavy atom. The van der Waals surface area contributed by atoms with Gasteiger partial charge in [-0.15, -0.1) is 0 Å². The van der Waals surface area contributed by atoms with Crippen LogP contribution in [0.2, 0.25) is 5.02 Å². The van der Waals surface area contributed by atoms with Crippen molar-refractivity contribution < 1.29 is 9.32 Å². The number of anilines is 1. The third-order valence-corrected chi connectivity index (χ3v) is 5.08. The van der Waals surface area contributed by atoms with Crippen LogP contribution >= 0.6 is 11.6 Å². The lowest BCUT2D eigenvalue weighted by Crippen LogP contribution is -2.24. The highest BCUT2D eigenvalue weighted by Crippen LogP contribution is 2.33. The first-order valence-electron chi connectivity index (χ1n) is 9.01. The second kappa shape index (κ2) is 7.16. The maximum Gasteiger partial charge on any atom is 0.232 e. The molecule has 0 spiro atoms. The van der Waals surface area contributed by atoms with Crippen molar-refractivity contribution in [2.45, 2.75) is 32.1 Å². The highest BCUT2D eigenvalue weighted by atomic mass is 35.5. The van der Waals surface area contributed by atoms with E-state index in [1.165, 1.54) is 5.56 Å². The van der Waals surface area contributed by atoms with E-state index < -0.39 is 0 Å². The van der Waals surface area contributed by atoms with E-state index in [0.717, 1.165) is 11.3 Å². The Kier molecular flexibility index (Phi) is 4.70. The Bertz CT molecular complexity index is 983. The summed E-state index contributed by atoms with van der Waals surface area (Å²) < 4.78 is 5.45. The molecule has 2 heterocycles. The number of hydrogen-bond donors (Lipinski definition) is 0. The van der Waals surface area contributed by atoms with Crippen molar-refractivity contribution in [1.82, 2.24) is 10.1 Å². The van der Waals surface area contributed by atoms with E-state index in [9.17, 15) is 4.79 Å². The second-order valence-electron chi connectivity index (χ2n) is 7.12. The molecular formula is C21H20ClN3O2. The van der Waals surface area contributed by atoms with Crippen molar-refractivity contribution in [1.29, 1.82) is 0 Å². The smallest absolute Gasteiger partial charge is 0.232 e. The van der Waals surface area contributed by atoms with Crippen LogP contribution < -0.4 is 4.90 Å². The Morgan fingerprint density at radius 3 is 2.78 bits per heavy atom. The lowest BCUT2D eigenvalue weighted by Gasteiger charge is -2.18. The molecule has 4 rings (SSSR count). The molecule has 3 aromatic rings. The third-order valence-electron chi connectivity index (χ3n) is 4.85. The van der Waals surface area contributed by atoms with Crippen LogP contribution in [0.4, 0.5) is 5.69 Å². The number of nitrogens with zero attached hydrogens (tertiary/aromatic N) is 3. The first-order chi connectivity index (χ1) is 13.0. The summed E-state index contributed by atoms with van der Waals surface area (Å²) in [5, 5.41) is 4.67. The maximum atomic E-state index is 12.6. The van der Waals surface area contributed by atoms with Gasteiger partial charge in [-0.2, -0.15) is 4.98 Å². The van der Waals surface area contributed by atoms with E-state index in [1.807, 2.05) is 24.3 Å². The predicted octanol–water partition coefficient (Wildman–Crippen LogP) is 5.03. The van der Waals surface area contributed by atoms with Gasteiger partial charge in [0.05, 0.1) is 5.92 Å². The van der Waals surface area contributed by atoms with Crippen molar-refractivity contribution in [2.24, 2.45) is 0 Å². The van der Waals surface area contributed by atoms with E-state index in [4.69, 9.17) is 16.1 Å². The number of rotatable bonds is 4. The number of carbonyl (C=O) groups is 1. The lowest BCUT2D eigenvalue weighted by atomic mass is 10.0. The predicted molar refractivity (Wildman–Crippen MR) is 105 cm³/mol.